The van der Waals surface area contributed by atoms with Gasteiger partial charge in [0.2, 0.25) is 0 Å². The zero-order chi connectivity index (χ0) is 9.68. The van der Waals surface area contributed by atoms with Gasteiger partial charge in [-0.2, -0.15) is 13.2 Å². The van der Waals surface area contributed by atoms with Crippen LogP contribution in [0.15, 0.2) is 36.5 Å². The molecule has 0 amide bonds. The third-order valence-corrected chi connectivity index (χ3v) is 1.46. The number of hydrogen-bond acceptors (Lipinski definition) is 4. The van der Waals surface area contributed by atoms with Crippen LogP contribution in [0.1, 0.15) is 0 Å². The molecule has 5 nitrogen and oxygen atoms in total. The summed E-state index contributed by atoms with van der Waals surface area (Å²) in [5.41, 5.74) is 1.21. The van der Waals surface area contributed by atoms with E-state index >= 15 is 0 Å². The average Bonchev–Trinajstić information content (AvgIpc) is 2.49. The summed E-state index contributed by atoms with van der Waals surface area (Å²) in [6.07, 6.45) is 1.95. The molecule has 2 rings (SSSR count). The number of para-hydroxylation sites is 1. The first-order valence-electron chi connectivity index (χ1n) is 3.53. The van der Waals surface area contributed by atoms with E-state index in [1.54, 1.807) is 0 Å². The number of nitrogens with one attached hydrogen (secondary N) is 2. The molecule has 0 atom stereocenters. The highest BCUT2D eigenvalue weighted by atomic mass is 32.2. The van der Waals surface area contributed by atoms with Crippen molar-refractivity contribution in [2.45, 2.75) is 0 Å². The highest BCUT2D eigenvalue weighted by molar-refractivity contribution is 7.60. The van der Waals surface area contributed by atoms with Gasteiger partial charge in [-0.1, -0.05) is 18.2 Å². The predicted molar refractivity (Wildman–Crippen MR) is 55.0 cm³/mol. The molecule has 0 saturated carbocycles. The number of aromatic nitrogens is 1. The Morgan fingerprint density at radius 2 is 1.71 bits per heavy atom. The normalized spacial score (nSPS) is 8.29. The molecule has 76 valence electrons. The fourth-order valence-corrected chi connectivity index (χ4v) is 0.995. The molecule has 5 N–H and O–H groups in total. The molecule has 1 heterocycles. The molecule has 0 aliphatic heterocycles. The lowest BCUT2D eigenvalue weighted by Crippen LogP contribution is -1.61. The number of fused-ring (bicyclic) bond motifs is 1. The van der Waals surface area contributed by atoms with Crippen molar-refractivity contribution in [1.82, 2.24) is 11.1 Å². The van der Waals surface area contributed by atoms with Gasteiger partial charge < -0.3 is 11.1 Å². The smallest absolute Gasteiger partial charge is 0.308 e. The van der Waals surface area contributed by atoms with E-state index in [2.05, 4.69) is 23.2 Å². The third kappa shape index (κ3) is 3.83. The van der Waals surface area contributed by atoms with E-state index in [-0.39, 0.29) is 6.15 Å². The quantitative estimate of drug-likeness (QED) is 0.622. The Labute approximate surface area is 82.8 Å². The molecular formula is C8H11N3O2S. The van der Waals surface area contributed by atoms with Crippen LogP contribution in [-0.2, 0) is 10.5 Å². The maximum Gasteiger partial charge on any atom is 0.308 e. The van der Waals surface area contributed by atoms with E-state index in [1.165, 1.54) is 10.9 Å². The van der Waals surface area contributed by atoms with Crippen molar-refractivity contribution in [2.75, 3.05) is 0 Å². The molecule has 0 aliphatic carbocycles. The standard InChI is InChI=1S/C8H7N.HNO2S.H3N/c1-2-4-8-7(3-1)5-6-9-8;1-4(2)3;/h1-6,9H;1H;1H3. The summed E-state index contributed by atoms with van der Waals surface area (Å²) in [6, 6.07) is 10.3. The fourth-order valence-electron chi connectivity index (χ4n) is 0.995. The number of H-pyrrole nitrogens is 1. The lowest BCUT2D eigenvalue weighted by molar-refractivity contribution is 0.620. The Hall–Kier alpha value is -1.66. The van der Waals surface area contributed by atoms with Crippen LogP contribution in [0.4, 0.5) is 0 Å². The SMILES string of the molecule is N.N=S(=O)=O.c1ccc2[nH]ccc2c1. The predicted octanol–water partition coefficient (Wildman–Crippen LogP) is 1.96. The van der Waals surface area contributed by atoms with Crippen molar-refractivity contribution in [1.29, 1.82) is 4.78 Å². The number of aromatic amines is 1. The Bertz CT molecular complexity index is 452. The maximum atomic E-state index is 8.67. The van der Waals surface area contributed by atoms with Gasteiger partial charge in [-0.05, 0) is 17.5 Å². The zero-order valence-electron chi connectivity index (χ0n) is 7.40. The minimum Gasteiger partial charge on any atom is -0.361 e. The van der Waals surface area contributed by atoms with Gasteiger partial charge in [-0.25, -0.2) is 0 Å². The van der Waals surface area contributed by atoms with Crippen molar-refractivity contribution in [3.63, 3.8) is 0 Å². The first-order valence-corrected chi connectivity index (χ1v) is 4.60. The van der Waals surface area contributed by atoms with E-state index in [9.17, 15) is 0 Å². The molecule has 0 saturated heterocycles. The maximum absolute atomic E-state index is 8.67. The molecule has 2 aromatic rings. The van der Waals surface area contributed by atoms with Gasteiger partial charge in [0.1, 0.15) is 0 Å². The summed E-state index contributed by atoms with van der Waals surface area (Å²) >= 11 is 0. The van der Waals surface area contributed by atoms with Gasteiger partial charge in [0.15, 0.2) is 0 Å². The van der Waals surface area contributed by atoms with Gasteiger partial charge in [-0.15, -0.1) is 0 Å². The van der Waals surface area contributed by atoms with Crippen molar-refractivity contribution < 1.29 is 8.42 Å². The molecule has 0 radical (unpaired) electrons. The van der Waals surface area contributed by atoms with E-state index in [0.717, 1.165) is 0 Å². The van der Waals surface area contributed by atoms with E-state index in [1.807, 2.05) is 18.3 Å². The number of hydrogen-bond donors (Lipinski definition) is 3. The molecule has 1 aromatic carbocycles. The van der Waals surface area contributed by atoms with Crippen molar-refractivity contribution in [3.8, 4) is 0 Å². The van der Waals surface area contributed by atoms with E-state index in [4.69, 9.17) is 13.2 Å². The Kier molecular flexibility index (Phi) is 5.20. The van der Waals surface area contributed by atoms with Crippen LogP contribution >= 0.6 is 0 Å². The second kappa shape index (κ2) is 5.90. The first kappa shape index (κ1) is 12.3. The van der Waals surface area contributed by atoms with E-state index in [0.29, 0.717) is 0 Å². The van der Waals surface area contributed by atoms with Gasteiger partial charge in [0, 0.05) is 11.7 Å². The van der Waals surface area contributed by atoms with Crippen LogP contribution in [0, 0.1) is 4.78 Å². The second-order valence-electron chi connectivity index (χ2n) is 2.30. The average molecular weight is 213 g/mol. The van der Waals surface area contributed by atoms with Gasteiger partial charge in [-0.3, -0.25) is 0 Å². The van der Waals surface area contributed by atoms with Crippen molar-refractivity contribution >= 4 is 21.4 Å². The van der Waals surface area contributed by atoms with Crippen LogP contribution < -0.4 is 6.15 Å². The summed E-state index contributed by atoms with van der Waals surface area (Å²) < 4.78 is 22.8. The molecular weight excluding hydrogens is 202 g/mol. The van der Waals surface area contributed by atoms with Gasteiger partial charge >= 0.3 is 10.5 Å². The molecule has 6 heteroatoms. The van der Waals surface area contributed by atoms with Crippen LogP contribution in [0.25, 0.3) is 10.9 Å². The zero-order valence-corrected chi connectivity index (χ0v) is 8.21. The minimum atomic E-state index is -2.61. The highest BCUT2D eigenvalue weighted by Crippen LogP contribution is 2.09. The molecule has 0 spiro atoms. The number of rotatable bonds is 0. The van der Waals surface area contributed by atoms with Crippen molar-refractivity contribution in [2.24, 2.45) is 0 Å². The summed E-state index contributed by atoms with van der Waals surface area (Å²) in [7, 11) is -2.61. The van der Waals surface area contributed by atoms with Crippen LogP contribution in [0.3, 0.4) is 0 Å². The number of benzene rings is 1. The molecule has 0 bridgehead atoms. The Balaban J connectivity index is 0.000000299. The van der Waals surface area contributed by atoms with E-state index < -0.39 is 10.5 Å². The molecule has 0 unspecified atom stereocenters. The monoisotopic (exact) mass is 213 g/mol. The second-order valence-corrected chi connectivity index (χ2v) is 2.77. The molecule has 0 fully saturated rings. The lowest BCUT2D eigenvalue weighted by atomic mass is 10.3. The summed E-state index contributed by atoms with van der Waals surface area (Å²) in [6.45, 7) is 0. The first-order chi connectivity index (χ1) is 6.20. The Morgan fingerprint density at radius 3 is 2.29 bits per heavy atom. The third-order valence-electron chi connectivity index (χ3n) is 1.46. The molecule has 0 aliphatic rings. The lowest BCUT2D eigenvalue weighted by Gasteiger charge is -1.83. The fraction of sp³-hybridized carbons (Fsp3) is 0. The summed E-state index contributed by atoms with van der Waals surface area (Å²) in [5.74, 6) is 0. The van der Waals surface area contributed by atoms with Crippen molar-refractivity contribution in [3.05, 3.63) is 36.5 Å². The summed E-state index contributed by atoms with van der Waals surface area (Å²) in [5, 5.41) is 1.28. The largest absolute Gasteiger partial charge is 0.361 e. The van der Waals surface area contributed by atoms with Gasteiger partial charge in [0.25, 0.3) is 0 Å². The summed E-state index contributed by atoms with van der Waals surface area (Å²) in [4.78, 5) is 3.12. The molecule has 14 heavy (non-hydrogen) atoms. The van der Waals surface area contributed by atoms with Crippen LogP contribution in [-0.4, -0.2) is 13.4 Å². The topological polar surface area (TPSA) is 109 Å². The van der Waals surface area contributed by atoms with Gasteiger partial charge in [0.05, 0.1) is 0 Å². The highest BCUT2D eigenvalue weighted by Gasteiger charge is 1.86. The minimum absolute atomic E-state index is 0. The van der Waals surface area contributed by atoms with Crippen LogP contribution in [0.5, 0.6) is 0 Å². The molecule has 1 aromatic heterocycles. The Morgan fingerprint density at radius 1 is 1.14 bits per heavy atom. The van der Waals surface area contributed by atoms with Crippen LogP contribution in [0.2, 0.25) is 0 Å².